The van der Waals surface area contributed by atoms with Crippen LogP contribution in [0.15, 0.2) is 18.2 Å². The fraction of sp³-hybridized carbons (Fsp3) is 0.429. The van der Waals surface area contributed by atoms with Crippen molar-refractivity contribution in [1.82, 2.24) is 4.90 Å². The molecule has 0 bridgehead atoms. The maximum Gasteiger partial charge on any atom is 0.253 e. The van der Waals surface area contributed by atoms with Gasteiger partial charge >= 0.3 is 0 Å². The van der Waals surface area contributed by atoms with Crippen LogP contribution >= 0.6 is 0 Å². The third-order valence-corrected chi connectivity index (χ3v) is 2.78. The minimum atomic E-state index is -0.0128. The first kappa shape index (κ1) is 13.4. The molecule has 0 radical (unpaired) electrons. The van der Waals surface area contributed by atoms with Crippen molar-refractivity contribution in [3.8, 4) is 0 Å². The second-order valence-electron chi connectivity index (χ2n) is 4.12. The van der Waals surface area contributed by atoms with Gasteiger partial charge in [-0.15, -0.1) is 0 Å². The van der Waals surface area contributed by atoms with E-state index in [1.54, 1.807) is 17.0 Å². The van der Waals surface area contributed by atoms with Gasteiger partial charge in [-0.3, -0.25) is 9.59 Å². The molecule has 0 aliphatic rings. The fourth-order valence-corrected chi connectivity index (χ4v) is 1.80. The van der Waals surface area contributed by atoms with Crippen molar-refractivity contribution in [2.45, 2.75) is 27.7 Å². The number of ketones is 1. The molecule has 3 heteroatoms. The Balaban J connectivity index is 3.13. The standard InChI is InChI=1S/C14H19NO2/c1-5-15(6-2)14(17)13-8-10(3)7-12(9-13)11(4)16/h7-9H,5-6H2,1-4H3. The lowest BCUT2D eigenvalue weighted by atomic mass is 10.0. The number of nitrogens with zero attached hydrogens (tertiary/aromatic N) is 1. The zero-order valence-electron chi connectivity index (χ0n) is 10.9. The molecule has 1 rings (SSSR count). The van der Waals surface area contributed by atoms with E-state index in [4.69, 9.17) is 0 Å². The van der Waals surface area contributed by atoms with Gasteiger partial charge in [0.25, 0.3) is 5.91 Å². The first-order valence-electron chi connectivity index (χ1n) is 5.91. The molecule has 0 spiro atoms. The van der Waals surface area contributed by atoms with Crippen molar-refractivity contribution in [2.24, 2.45) is 0 Å². The number of aryl methyl sites for hydroxylation is 1. The van der Waals surface area contributed by atoms with Gasteiger partial charge in [-0.05, 0) is 51.5 Å². The summed E-state index contributed by atoms with van der Waals surface area (Å²) >= 11 is 0. The molecule has 3 nitrogen and oxygen atoms in total. The van der Waals surface area contributed by atoms with Gasteiger partial charge in [-0.2, -0.15) is 0 Å². The molecule has 0 atom stereocenters. The Kier molecular flexibility index (Phi) is 4.44. The molecule has 0 unspecified atom stereocenters. The second kappa shape index (κ2) is 5.62. The van der Waals surface area contributed by atoms with Gasteiger partial charge in [0.05, 0.1) is 0 Å². The number of benzene rings is 1. The SMILES string of the molecule is CCN(CC)C(=O)c1cc(C)cc(C(C)=O)c1. The van der Waals surface area contributed by atoms with Crippen LogP contribution in [0, 0.1) is 6.92 Å². The van der Waals surface area contributed by atoms with Gasteiger partial charge in [0.15, 0.2) is 5.78 Å². The number of carbonyl (C=O) groups excluding carboxylic acids is 2. The van der Waals surface area contributed by atoms with Gasteiger partial charge in [-0.25, -0.2) is 0 Å². The van der Waals surface area contributed by atoms with Crippen LogP contribution in [0.4, 0.5) is 0 Å². The maximum atomic E-state index is 12.1. The van der Waals surface area contributed by atoms with Crippen molar-refractivity contribution in [2.75, 3.05) is 13.1 Å². The van der Waals surface area contributed by atoms with Crippen molar-refractivity contribution in [3.63, 3.8) is 0 Å². The van der Waals surface area contributed by atoms with Crippen molar-refractivity contribution in [1.29, 1.82) is 0 Å². The van der Waals surface area contributed by atoms with Crippen molar-refractivity contribution < 1.29 is 9.59 Å². The molecule has 92 valence electrons. The summed E-state index contributed by atoms with van der Waals surface area (Å²) in [4.78, 5) is 25.3. The predicted octanol–water partition coefficient (Wildman–Crippen LogP) is 2.68. The Morgan fingerprint density at radius 1 is 1.06 bits per heavy atom. The minimum Gasteiger partial charge on any atom is -0.339 e. The third kappa shape index (κ3) is 3.16. The molecular formula is C14H19NO2. The van der Waals surface area contributed by atoms with Gasteiger partial charge in [0.1, 0.15) is 0 Å². The van der Waals surface area contributed by atoms with E-state index >= 15 is 0 Å². The van der Waals surface area contributed by atoms with Crippen LogP contribution in [-0.4, -0.2) is 29.7 Å². The van der Waals surface area contributed by atoms with Crippen LogP contribution < -0.4 is 0 Å². The average Bonchev–Trinajstić information content (AvgIpc) is 2.29. The van der Waals surface area contributed by atoms with E-state index in [9.17, 15) is 9.59 Å². The normalized spacial score (nSPS) is 10.1. The minimum absolute atomic E-state index is 0.0118. The monoisotopic (exact) mass is 233 g/mol. The van der Waals surface area contributed by atoms with E-state index in [2.05, 4.69) is 0 Å². The second-order valence-corrected chi connectivity index (χ2v) is 4.12. The molecule has 0 N–H and O–H groups in total. The highest BCUT2D eigenvalue weighted by molar-refractivity contribution is 5.99. The lowest BCUT2D eigenvalue weighted by molar-refractivity contribution is 0.0773. The molecule has 0 heterocycles. The topological polar surface area (TPSA) is 37.4 Å². The van der Waals surface area contributed by atoms with E-state index in [1.807, 2.05) is 26.8 Å². The largest absolute Gasteiger partial charge is 0.339 e. The third-order valence-electron chi connectivity index (χ3n) is 2.78. The quantitative estimate of drug-likeness (QED) is 0.750. The van der Waals surface area contributed by atoms with E-state index in [-0.39, 0.29) is 11.7 Å². The highest BCUT2D eigenvalue weighted by Crippen LogP contribution is 2.12. The lowest BCUT2D eigenvalue weighted by Crippen LogP contribution is -2.30. The number of hydrogen-bond acceptors (Lipinski definition) is 2. The average molecular weight is 233 g/mol. The van der Waals surface area contributed by atoms with E-state index in [0.29, 0.717) is 24.2 Å². The van der Waals surface area contributed by atoms with Crippen LogP contribution in [0.1, 0.15) is 47.1 Å². The summed E-state index contributed by atoms with van der Waals surface area (Å²) in [6.07, 6.45) is 0. The smallest absolute Gasteiger partial charge is 0.253 e. The molecule has 0 aromatic heterocycles. The number of carbonyl (C=O) groups is 2. The Bertz CT molecular complexity index is 434. The summed E-state index contributed by atoms with van der Waals surface area (Å²) in [6.45, 7) is 8.66. The summed E-state index contributed by atoms with van der Waals surface area (Å²) in [6, 6.07) is 5.31. The molecule has 0 aliphatic heterocycles. The number of amides is 1. The van der Waals surface area contributed by atoms with Crippen LogP contribution in [0.25, 0.3) is 0 Å². The molecule has 1 amide bonds. The molecule has 0 saturated heterocycles. The predicted molar refractivity (Wildman–Crippen MR) is 68.4 cm³/mol. The van der Waals surface area contributed by atoms with Gasteiger partial charge < -0.3 is 4.90 Å². The van der Waals surface area contributed by atoms with Gasteiger partial charge in [-0.1, -0.05) is 0 Å². The molecule has 0 saturated carbocycles. The molecule has 0 fully saturated rings. The van der Waals surface area contributed by atoms with Crippen LogP contribution in [-0.2, 0) is 0 Å². The summed E-state index contributed by atoms with van der Waals surface area (Å²) in [5, 5.41) is 0. The Morgan fingerprint density at radius 2 is 1.59 bits per heavy atom. The number of hydrogen-bond donors (Lipinski definition) is 0. The summed E-state index contributed by atoms with van der Waals surface area (Å²) in [5.74, 6) is -0.0245. The van der Waals surface area contributed by atoms with Crippen LogP contribution in [0.5, 0.6) is 0 Å². The van der Waals surface area contributed by atoms with Crippen LogP contribution in [0.3, 0.4) is 0 Å². The number of Topliss-reactive ketones (excluding diaryl/α,β-unsaturated/α-hetero) is 1. The van der Waals surface area contributed by atoms with Crippen LogP contribution in [0.2, 0.25) is 0 Å². The summed E-state index contributed by atoms with van der Waals surface area (Å²) < 4.78 is 0. The van der Waals surface area contributed by atoms with Crippen molar-refractivity contribution >= 4 is 11.7 Å². The molecule has 0 aliphatic carbocycles. The highest BCUT2D eigenvalue weighted by Gasteiger charge is 2.14. The lowest BCUT2D eigenvalue weighted by Gasteiger charge is -2.19. The summed E-state index contributed by atoms with van der Waals surface area (Å²) in [5.41, 5.74) is 2.13. The van der Waals surface area contributed by atoms with E-state index in [1.165, 1.54) is 6.92 Å². The molecule has 17 heavy (non-hydrogen) atoms. The number of rotatable bonds is 4. The van der Waals surface area contributed by atoms with Gasteiger partial charge in [0.2, 0.25) is 0 Å². The zero-order valence-corrected chi connectivity index (χ0v) is 10.9. The van der Waals surface area contributed by atoms with Crippen molar-refractivity contribution in [3.05, 3.63) is 34.9 Å². The maximum absolute atomic E-state index is 12.1. The Morgan fingerprint density at radius 3 is 2.06 bits per heavy atom. The molecule has 1 aromatic rings. The fourth-order valence-electron chi connectivity index (χ4n) is 1.80. The first-order valence-corrected chi connectivity index (χ1v) is 5.91. The molecular weight excluding hydrogens is 214 g/mol. The van der Waals surface area contributed by atoms with Gasteiger partial charge in [0, 0.05) is 24.2 Å². The Hall–Kier alpha value is -1.64. The van der Waals surface area contributed by atoms with E-state index in [0.717, 1.165) is 5.56 Å². The Labute approximate surface area is 102 Å². The van der Waals surface area contributed by atoms with E-state index < -0.39 is 0 Å². The first-order chi connectivity index (χ1) is 7.99. The molecule has 1 aromatic carbocycles. The zero-order chi connectivity index (χ0) is 13.0. The highest BCUT2D eigenvalue weighted by atomic mass is 16.2. The summed E-state index contributed by atoms with van der Waals surface area (Å²) in [7, 11) is 0.